The summed E-state index contributed by atoms with van der Waals surface area (Å²) >= 11 is 0. The molecule has 3 heterocycles. The molecule has 29 heavy (non-hydrogen) atoms. The summed E-state index contributed by atoms with van der Waals surface area (Å²) in [6.45, 7) is 4.38. The zero-order valence-electron chi connectivity index (χ0n) is 16.1. The molecule has 10 heteroatoms. The number of rotatable bonds is 5. The predicted octanol–water partition coefficient (Wildman–Crippen LogP) is 0.906. The number of fused-ring (bicyclic) bond motifs is 1. The molecule has 8 nitrogen and oxygen atoms in total. The molecule has 0 unspecified atom stereocenters. The lowest BCUT2D eigenvalue weighted by Crippen LogP contribution is -2.39. The number of likely N-dealkylation sites (tertiary alicyclic amines) is 1. The Morgan fingerprint density at radius 3 is 2.48 bits per heavy atom. The lowest BCUT2D eigenvalue weighted by Gasteiger charge is -2.31. The standard InChI is InChI=1S/C19H23FN4O3.ClH.H2O/c20-16-3-1-14(2-4-16)18(25)15-5-7-22(8-6-15)9-10-24-19(26)23-11-12-27-13-17(23)21-24;;/h1-4,15H,5-13H2;1H;1H2. The van der Waals surface area contributed by atoms with Gasteiger partial charge in [0.05, 0.1) is 19.7 Å². The Morgan fingerprint density at radius 1 is 1.14 bits per heavy atom. The monoisotopic (exact) mass is 428 g/mol. The van der Waals surface area contributed by atoms with Gasteiger partial charge in [-0.3, -0.25) is 9.36 Å². The quantitative estimate of drug-likeness (QED) is 0.659. The normalized spacial score (nSPS) is 17.1. The van der Waals surface area contributed by atoms with Gasteiger partial charge in [0.15, 0.2) is 11.6 Å². The van der Waals surface area contributed by atoms with E-state index in [1.807, 2.05) is 0 Å². The number of Topliss-reactive ketones (excluding diaryl/α,β-unsaturated/α-hetero) is 1. The lowest BCUT2D eigenvalue weighted by atomic mass is 9.89. The summed E-state index contributed by atoms with van der Waals surface area (Å²) in [5, 5.41) is 4.36. The molecule has 1 aromatic heterocycles. The Morgan fingerprint density at radius 2 is 1.83 bits per heavy atom. The van der Waals surface area contributed by atoms with E-state index < -0.39 is 0 Å². The van der Waals surface area contributed by atoms with Crippen LogP contribution in [-0.2, 0) is 24.4 Å². The van der Waals surface area contributed by atoms with Gasteiger partial charge in [0.25, 0.3) is 0 Å². The zero-order chi connectivity index (χ0) is 18.8. The molecule has 0 spiro atoms. The number of hydrogen-bond acceptors (Lipinski definition) is 5. The molecule has 0 atom stereocenters. The number of hydrogen-bond donors (Lipinski definition) is 0. The van der Waals surface area contributed by atoms with E-state index in [0.717, 1.165) is 32.5 Å². The van der Waals surface area contributed by atoms with Crippen LogP contribution in [-0.4, -0.2) is 56.7 Å². The van der Waals surface area contributed by atoms with Crippen molar-refractivity contribution in [3.63, 3.8) is 0 Å². The number of piperidine rings is 1. The van der Waals surface area contributed by atoms with Crippen molar-refractivity contribution < 1.29 is 19.4 Å². The van der Waals surface area contributed by atoms with Crippen molar-refractivity contribution in [2.45, 2.75) is 32.5 Å². The van der Waals surface area contributed by atoms with Crippen LogP contribution in [0.1, 0.15) is 29.0 Å². The SMILES string of the molecule is Cl.O.O=C(c1ccc(F)cc1)C1CCN(CCn2nc3n(c2=O)CCOC3)CC1. The van der Waals surface area contributed by atoms with Crippen LogP contribution in [0.4, 0.5) is 4.39 Å². The molecule has 1 aromatic carbocycles. The highest BCUT2D eigenvalue weighted by molar-refractivity contribution is 5.97. The van der Waals surface area contributed by atoms with Crippen LogP contribution in [0.2, 0.25) is 0 Å². The minimum atomic E-state index is -0.330. The minimum absolute atomic E-state index is 0. The summed E-state index contributed by atoms with van der Waals surface area (Å²) in [4.78, 5) is 27.1. The highest BCUT2D eigenvalue weighted by atomic mass is 35.5. The van der Waals surface area contributed by atoms with Crippen LogP contribution in [0.25, 0.3) is 0 Å². The Labute approximate surface area is 174 Å². The topological polar surface area (TPSA) is 101 Å². The average molecular weight is 429 g/mol. The summed E-state index contributed by atoms with van der Waals surface area (Å²) in [6, 6.07) is 5.77. The van der Waals surface area contributed by atoms with Crippen LogP contribution < -0.4 is 5.69 Å². The summed E-state index contributed by atoms with van der Waals surface area (Å²) in [5.41, 5.74) is 0.502. The van der Waals surface area contributed by atoms with E-state index in [0.29, 0.717) is 37.7 Å². The first kappa shape index (κ1) is 23.2. The number of ketones is 1. The number of aromatic nitrogens is 3. The Kier molecular flexibility index (Phi) is 8.09. The zero-order valence-corrected chi connectivity index (χ0v) is 16.9. The second kappa shape index (κ2) is 10.1. The maximum absolute atomic E-state index is 13.0. The van der Waals surface area contributed by atoms with Crippen molar-refractivity contribution in [2.75, 3.05) is 26.2 Å². The molecule has 0 aliphatic carbocycles. The number of halogens is 2. The van der Waals surface area contributed by atoms with E-state index >= 15 is 0 Å². The third kappa shape index (κ3) is 5.11. The van der Waals surface area contributed by atoms with Gasteiger partial charge in [-0.1, -0.05) is 0 Å². The first-order chi connectivity index (χ1) is 13.1. The smallest absolute Gasteiger partial charge is 0.346 e. The number of ether oxygens (including phenoxy) is 1. The maximum Gasteiger partial charge on any atom is 0.346 e. The van der Waals surface area contributed by atoms with E-state index in [1.54, 1.807) is 16.7 Å². The molecule has 2 aliphatic rings. The van der Waals surface area contributed by atoms with Gasteiger partial charge >= 0.3 is 5.69 Å². The number of carbonyl (C=O) groups excluding carboxylic acids is 1. The van der Waals surface area contributed by atoms with Crippen molar-refractivity contribution in [1.29, 1.82) is 0 Å². The predicted molar refractivity (Wildman–Crippen MR) is 107 cm³/mol. The molecule has 2 aliphatic heterocycles. The average Bonchev–Trinajstić information content (AvgIpc) is 3.03. The fourth-order valence-corrected chi connectivity index (χ4v) is 3.79. The fraction of sp³-hybridized carbons (Fsp3) is 0.526. The van der Waals surface area contributed by atoms with Crippen LogP contribution in [0.15, 0.2) is 29.1 Å². The first-order valence-electron chi connectivity index (χ1n) is 9.38. The number of carbonyl (C=O) groups is 1. The van der Waals surface area contributed by atoms with Crippen LogP contribution in [0.5, 0.6) is 0 Å². The third-order valence-electron chi connectivity index (χ3n) is 5.40. The molecule has 0 amide bonds. The number of benzene rings is 1. The van der Waals surface area contributed by atoms with Gasteiger partial charge < -0.3 is 15.1 Å². The highest BCUT2D eigenvalue weighted by Gasteiger charge is 2.26. The molecule has 1 fully saturated rings. The van der Waals surface area contributed by atoms with Gasteiger partial charge in [-0.2, -0.15) is 5.10 Å². The molecule has 4 rings (SSSR count). The molecular formula is C19H26ClFN4O4. The van der Waals surface area contributed by atoms with E-state index in [1.165, 1.54) is 16.8 Å². The van der Waals surface area contributed by atoms with Gasteiger partial charge in [-0.05, 0) is 50.2 Å². The molecule has 2 aromatic rings. The van der Waals surface area contributed by atoms with Crippen molar-refractivity contribution in [2.24, 2.45) is 5.92 Å². The Hall–Kier alpha value is -2.07. The van der Waals surface area contributed by atoms with Gasteiger partial charge in [0.1, 0.15) is 12.4 Å². The molecule has 0 bridgehead atoms. The first-order valence-corrected chi connectivity index (χ1v) is 9.38. The third-order valence-corrected chi connectivity index (χ3v) is 5.40. The molecule has 0 saturated carbocycles. The molecular weight excluding hydrogens is 403 g/mol. The van der Waals surface area contributed by atoms with E-state index in [2.05, 4.69) is 10.00 Å². The van der Waals surface area contributed by atoms with Crippen molar-refractivity contribution in [3.05, 3.63) is 52.0 Å². The second-order valence-corrected chi connectivity index (χ2v) is 7.11. The maximum atomic E-state index is 13.0. The van der Waals surface area contributed by atoms with E-state index in [9.17, 15) is 14.0 Å². The van der Waals surface area contributed by atoms with Gasteiger partial charge in [0.2, 0.25) is 0 Å². The minimum Gasteiger partial charge on any atom is -0.412 e. The van der Waals surface area contributed by atoms with Crippen LogP contribution in [0, 0.1) is 11.7 Å². The van der Waals surface area contributed by atoms with Crippen LogP contribution >= 0.6 is 12.4 Å². The largest absolute Gasteiger partial charge is 0.412 e. The highest BCUT2D eigenvalue weighted by Crippen LogP contribution is 2.22. The second-order valence-electron chi connectivity index (χ2n) is 7.11. The summed E-state index contributed by atoms with van der Waals surface area (Å²) in [7, 11) is 0. The molecule has 0 radical (unpaired) electrons. The summed E-state index contributed by atoms with van der Waals surface area (Å²) in [6.07, 6.45) is 1.55. The van der Waals surface area contributed by atoms with E-state index in [4.69, 9.17) is 4.74 Å². The summed E-state index contributed by atoms with van der Waals surface area (Å²) in [5.74, 6) is 0.429. The van der Waals surface area contributed by atoms with Gasteiger partial charge in [-0.15, -0.1) is 12.4 Å². The Balaban J connectivity index is 0.00000150. The number of nitrogens with zero attached hydrogens (tertiary/aromatic N) is 4. The van der Waals surface area contributed by atoms with Crippen molar-refractivity contribution in [3.8, 4) is 0 Å². The van der Waals surface area contributed by atoms with Crippen molar-refractivity contribution >= 4 is 18.2 Å². The van der Waals surface area contributed by atoms with Crippen molar-refractivity contribution in [1.82, 2.24) is 19.2 Å². The van der Waals surface area contributed by atoms with Crippen LogP contribution in [0.3, 0.4) is 0 Å². The molecule has 1 saturated heterocycles. The lowest BCUT2D eigenvalue weighted by molar-refractivity contribution is 0.0805. The fourth-order valence-electron chi connectivity index (χ4n) is 3.79. The Bertz CT molecular complexity index is 875. The van der Waals surface area contributed by atoms with Gasteiger partial charge in [-0.25, -0.2) is 13.9 Å². The molecule has 160 valence electrons. The van der Waals surface area contributed by atoms with Gasteiger partial charge in [0, 0.05) is 18.0 Å². The molecule has 2 N–H and O–H groups in total. The van der Waals surface area contributed by atoms with E-state index in [-0.39, 0.29) is 41.1 Å². The summed E-state index contributed by atoms with van der Waals surface area (Å²) < 4.78 is 21.5.